The molecule has 0 unspecified atom stereocenters. The summed E-state index contributed by atoms with van der Waals surface area (Å²) in [5, 5.41) is 8.86. The van der Waals surface area contributed by atoms with Gasteiger partial charge < -0.3 is 9.84 Å². The summed E-state index contributed by atoms with van der Waals surface area (Å²) in [4.78, 5) is 11.4. The number of sulfonamides is 1. The van der Waals surface area contributed by atoms with Crippen LogP contribution in [-0.2, 0) is 14.8 Å². The summed E-state index contributed by atoms with van der Waals surface area (Å²) in [6, 6.07) is 1.19. The molecule has 2 N–H and O–H groups in total. The second-order valence-corrected chi connectivity index (χ2v) is 7.19. The van der Waals surface area contributed by atoms with E-state index in [1.807, 2.05) is 6.92 Å². The third-order valence-electron chi connectivity index (χ3n) is 2.48. The van der Waals surface area contributed by atoms with Gasteiger partial charge in [-0.1, -0.05) is 6.92 Å². The molecule has 1 aromatic heterocycles. The van der Waals surface area contributed by atoms with Crippen molar-refractivity contribution in [1.82, 2.24) is 4.72 Å². The minimum atomic E-state index is -3.65. The topological polar surface area (TPSA) is 92.7 Å². The van der Waals surface area contributed by atoms with Crippen molar-refractivity contribution in [1.29, 1.82) is 0 Å². The number of carboxylic acids is 1. The van der Waals surface area contributed by atoms with Crippen LogP contribution < -0.4 is 4.72 Å². The highest BCUT2D eigenvalue weighted by atomic mass is 32.2. The lowest BCUT2D eigenvalue weighted by Gasteiger charge is -2.06. The zero-order chi connectivity index (χ0) is 15.2. The summed E-state index contributed by atoms with van der Waals surface area (Å²) < 4.78 is 31.8. The molecule has 0 aliphatic heterocycles. The van der Waals surface area contributed by atoms with E-state index in [0.29, 0.717) is 24.5 Å². The Bertz CT molecular complexity index is 550. The molecule has 0 spiro atoms. The van der Waals surface area contributed by atoms with E-state index in [9.17, 15) is 13.2 Å². The Labute approximate surface area is 122 Å². The molecular weight excluding hydrogens is 302 g/mol. The summed E-state index contributed by atoms with van der Waals surface area (Å²) >= 11 is 0.956. The fourth-order valence-electron chi connectivity index (χ4n) is 1.54. The van der Waals surface area contributed by atoms with E-state index in [1.165, 1.54) is 6.07 Å². The first-order chi connectivity index (χ1) is 9.38. The lowest BCUT2D eigenvalue weighted by molar-refractivity contribution is 0.0702. The van der Waals surface area contributed by atoms with Crippen molar-refractivity contribution in [2.45, 2.75) is 31.6 Å². The number of aryl methyl sites for hydroxylation is 1. The lowest BCUT2D eigenvalue weighted by atomic mass is 10.4. The molecule has 1 rings (SSSR count). The number of carboxylic acid groups (broad SMARTS) is 1. The normalized spacial score (nSPS) is 11.7. The molecule has 114 valence electrons. The Morgan fingerprint density at radius 2 is 2.15 bits per heavy atom. The SMILES string of the molecule is CCCOCCCNS(=O)(=O)c1cc(C(=O)O)sc1C. The van der Waals surface area contributed by atoms with Crippen LogP contribution in [-0.4, -0.2) is 39.3 Å². The molecule has 0 amide bonds. The van der Waals surface area contributed by atoms with Crippen molar-refractivity contribution in [3.63, 3.8) is 0 Å². The molecule has 0 fully saturated rings. The van der Waals surface area contributed by atoms with Crippen LogP contribution in [0.1, 0.15) is 34.3 Å². The maximum absolute atomic E-state index is 12.0. The number of carbonyl (C=O) groups is 1. The largest absolute Gasteiger partial charge is 0.477 e. The summed E-state index contributed by atoms with van der Waals surface area (Å²) in [5.41, 5.74) is 0. The third-order valence-corrected chi connectivity index (χ3v) is 5.23. The maximum Gasteiger partial charge on any atom is 0.345 e. The van der Waals surface area contributed by atoms with Crippen LogP contribution in [0.25, 0.3) is 0 Å². The molecule has 8 heteroatoms. The van der Waals surface area contributed by atoms with Gasteiger partial charge in [0.1, 0.15) is 4.88 Å². The Balaban J connectivity index is 2.58. The zero-order valence-corrected chi connectivity index (χ0v) is 13.1. The van der Waals surface area contributed by atoms with E-state index >= 15 is 0 Å². The molecule has 6 nitrogen and oxygen atoms in total. The van der Waals surface area contributed by atoms with Gasteiger partial charge in [0.05, 0.1) is 4.90 Å². The Morgan fingerprint density at radius 3 is 2.70 bits per heavy atom. The first kappa shape index (κ1) is 17.1. The smallest absolute Gasteiger partial charge is 0.345 e. The maximum atomic E-state index is 12.0. The van der Waals surface area contributed by atoms with Gasteiger partial charge >= 0.3 is 5.97 Å². The van der Waals surface area contributed by atoms with Gasteiger partial charge in [-0.25, -0.2) is 17.9 Å². The first-order valence-electron chi connectivity index (χ1n) is 6.29. The summed E-state index contributed by atoms with van der Waals surface area (Å²) in [6.45, 7) is 5.03. The number of nitrogens with one attached hydrogen (secondary N) is 1. The number of hydrogen-bond donors (Lipinski definition) is 2. The molecular formula is C12H19NO5S2. The molecule has 0 bridgehead atoms. The molecule has 1 heterocycles. The van der Waals surface area contributed by atoms with Crippen LogP contribution >= 0.6 is 11.3 Å². The van der Waals surface area contributed by atoms with Crippen LogP contribution in [0.5, 0.6) is 0 Å². The predicted octanol–water partition coefficient (Wildman–Crippen LogP) is 1.85. The number of ether oxygens (including phenoxy) is 1. The van der Waals surface area contributed by atoms with Gasteiger partial charge in [-0.2, -0.15) is 0 Å². The van der Waals surface area contributed by atoms with E-state index in [2.05, 4.69) is 4.72 Å². The minimum absolute atomic E-state index is 0.0224. The standard InChI is InChI=1S/C12H19NO5S2/c1-3-6-18-7-4-5-13-20(16,17)11-8-10(12(14)15)19-9(11)2/h8,13H,3-7H2,1-2H3,(H,14,15). The summed E-state index contributed by atoms with van der Waals surface area (Å²) in [5.74, 6) is -1.12. The van der Waals surface area contributed by atoms with E-state index in [-0.39, 0.29) is 16.3 Å². The number of hydrogen-bond acceptors (Lipinski definition) is 5. The van der Waals surface area contributed by atoms with Gasteiger partial charge in [0, 0.05) is 24.6 Å². The zero-order valence-electron chi connectivity index (χ0n) is 11.5. The van der Waals surface area contributed by atoms with Crippen LogP contribution in [0.3, 0.4) is 0 Å². The molecule has 0 atom stereocenters. The van der Waals surface area contributed by atoms with E-state index in [1.54, 1.807) is 6.92 Å². The van der Waals surface area contributed by atoms with Crippen LogP contribution in [0.15, 0.2) is 11.0 Å². The predicted molar refractivity (Wildman–Crippen MR) is 76.9 cm³/mol. The average molecular weight is 321 g/mol. The highest BCUT2D eigenvalue weighted by molar-refractivity contribution is 7.89. The molecule has 20 heavy (non-hydrogen) atoms. The van der Waals surface area contributed by atoms with Crippen molar-refractivity contribution < 1.29 is 23.1 Å². The number of rotatable bonds is 9. The van der Waals surface area contributed by atoms with E-state index in [0.717, 1.165) is 17.8 Å². The molecule has 0 aliphatic rings. The van der Waals surface area contributed by atoms with Crippen molar-refractivity contribution >= 4 is 27.3 Å². The molecule has 0 aromatic carbocycles. The van der Waals surface area contributed by atoms with Crippen LogP contribution in [0.4, 0.5) is 0 Å². The Hall–Kier alpha value is -0.960. The van der Waals surface area contributed by atoms with Crippen molar-refractivity contribution in [2.24, 2.45) is 0 Å². The third kappa shape index (κ3) is 4.86. The van der Waals surface area contributed by atoms with Crippen LogP contribution in [0.2, 0.25) is 0 Å². The van der Waals surface area contributed by atoms with E-state index < -0.39 is 16.0 Å². The molecule has 0 saturated heterocycles. The average Bonchev–Trinajstić information content (AvgIpc) is 2.77. The molecule has 1 aromatic rings. The van der Waals surface area contributed by atoms with Crippen molar-refractivity contribution in [3.05, 3.63) is 15.8 Å². The summed E-state index contributed by atoms with van der Waals surface area (Å²) in [7, 11) is -3.65. The number of aromatic carboxylic acids is 1. The molecule has 0 saturated carbocycles. The van der Waals surface area contributed by atoms with Gasteiger partial charge in [0.2, 0.25) is 10.0 Å². The monoisotopic (exact) mass is 321 g/mol. The fourth-order valence-corrected chi connectivity index (χ4v) is 4.04. The van der Waals surface area contributed by atoms with Crippen LogP contribution in [0, 0.1) is 6.92 Å². The summed E-state index contributed by atoms with van der Waals surface area (Å²) in [6.07, 6.45) is 1.51. The van der Waals surface area contributed by atoms with Crippen molar-refractivity contribution in [2.75, 3.05) is 19.8 Å². The van der Waals surface area contributed by atoms with Gasteiger partial charge in [-0.3, -0.25) is 0 Å². The van der Waals surface area contributed by atoms with E-state index in [4.69, 9.17) is 9.84 Å². The highest BCUT2D eigenvalue weighted by Crippen LogP contribution is 2.25. The quantitative estimate of drug-likeness (QED) is 0.677. The second-order valence-electron chi connectivity index (χ2n) is 4.20. The Morgan fingerprint density at radius 1 is 1.45 bits per heavy atom. The lowest BCUT2D eigenvalue weighted by Crippen LogP contribution is -2.25. The minimum Gasteiger partial charge on any atom is -0.477 e. The number of thiophene rings is 1. The van der Waals surface area contributed by atoms with Gasteiger partial charge in [0.25, 0.3) is 0 Å². The fraction of sp³-hybridized carbons (Fsp3) is 0.583. The van der Waals surface area contributed by atoms with Gasteiger partial charge in [0.15, 0.2) is 0 Å². The highest BCUT2D eigenvalue weighted by Gasteiger charge is 2.21. The van der Waals surface area contributed by atoms with Gasteiger partial charge in [-0.15, -0.1) is 11.3 Å². The second kappa shape index (κ2) is 7.72. The Kier molecular flexibility index (Phi) is 6.60. The molecule has 0 aliphatic carbocycles. The molecule has 0 radical (unpaired) electrons. The first-order valence-corrected chi connectivity index (χ1v) is 8.59. The van der Waals surface area contributed by atoms with Gasteiger partial charge in [-0.05, 0) is 25.8 Å². The van der Waals surface area contributed by atoms with Crippen molar-refractivity contribution in [3.8, 4) is 0 Å².